The zero-order chi connectivity index (χ0) is 30.2. The highest BCUT2D eigenvalue weighted by Crippen LogP contribution is 2.36. The highest BCUT2D eigenvalue weighted by molar-refractivity contribution is 7.13. The van der Waals surface area contributed by atoms with Crippen LogP contribution in [0.5, 0.6) is 0 Å². The van der Waals surface area contributed by atoms with Crippen molar-refractivity contribution < 1.29 is 0 Å². The molecule has 43 heavy (non-hydrogen) atoms. The fraction of sp³-hybridized carbons (Fsp3) is 0.167. The van der Waals surface area contributed by atoms with E-state index in [0.29, 0.717) is 0 Å². The molecule has 6 aromatic rings. The van der Waals surface area contributed by atoms with Crippen LogP contribution in [0.3, 0.4) is 0 Å². The molecule has 0 radical (unpaired) electrons. The first-order valence-electron chi connectivity index (χ1n) is 14.5. The number of nitrogens with two attached hydrogens (primary N) is 1. The molecule has 4 aromatic carbocycles. The van der Waals surface area contributed by atoms with E-state index in [1.165, 1.54) is 33.0 Å². The first-order chi connectivity index (χ1) is 21.0. The van der Waals surface area contributed by atoms with Crippen LogP contribution in [0.4, 0.5) is 0 Å². The maximum absolute atomic E-state index is 12.4. The molecule has 2 heterocycles. The summed E-state index contributed by atoms with van der Waals surface area (Å²) in [6.45, 7) is 7.17. The van der Waals surface area contributed by atoms with Crippen molar-refractivity contribution in [2.75, 3.05) is 0 Å². The van der Waals surface area contributed by atoms with E-state index >= 15 is 0 Å². The van der Waals surface area contributed by atoms with Gasteiger partial charge in [-0.05, 0) is 42.5 Å². The normalized spacial score (nSPS) is 11.4. The standard InChI is InChI=1S/C18H19N3S.C18H17NOS/c1-13(2)21-16(14-9-5-3-6-10-14)17(22-18(21)20-19)15-11-7-4-8-12-15;1-2-13-19-16(14-9-5-3-6-10-14)17(21-18(19)20)15-11-7-4-8-12-15/h3-13H,19H2,1-2H3;3-12H,2,13H2,1H3. The number of hydrogen-bond acceptors (Lipinski definition) is 5. The second-order valence-electron chi connectivity index (χ2n) is 10.3. The predicted octanol–water partition coefficient (Wildman–Crippen LogP) is 8.89. The topological polar surface area (TPSA) is 65.3 Å². The van der Waals surface area contributed by atoms with E-state index in [0.717, 1.165) is 39.5 Å². The van der Waals surface area contributed by atoms with E-state index in [2.05, 4.69) is 103 Å². The van der Waals surface area contributed by atoms with Crippen molar-refractivity contribution in [3.8, 4) is 43.4 Å². The first kappa shape index (κ1) is 30.0. The minimum atomic E-state index is 0.120. The predicted molar refractivity (Wildman–Crippen MR) is 183 cm³/mol. The summed E-state index contributed by atoms with van der Waals surface area (Å²) in [7, 11) is 0. The molecule has 0 saturated heterocycles. The summed E-state index contributed by atoms with van der Waals surface area (Å²) in [4.78, 5) is 15.6. The Labute approximate surface area is 260 Å². The number of rotatable bonds is 7. The molecule has 0 fully saturated rings. The molecule has 7 heteroatoms. The summed E-state index contributed by atoms with van der Waals surface area (Å²) in [6.07, 6.45) is 0.949. The number of hydrogen-bond donors (Lipinski definition) is 1. The van der Waals surface area contributed by atoms with Gasteiger partial charge in [0.05, 0.1) is 21.1 Å². The van der Waals surface area contributed by atoms with Crippen molar-refractivity contribution in [2.45, 2.75) is 39.8 Å². The molecule has 2 N–H and O–H groups in total. The van der Waals surface area contributed by atoms with E-state index in [1.54, 1.807) is 11.3 Å². The van der Waals surface area contributed by atoms with Gasteiger partial charge in [-0.3, -0.25) is 9.36 Å². The van der Waals surface area contributed by atoms with E-state index in [1.807, 2.05) is 53.1 Å². The van der Waals surface area contributed by atoms with Gasteiger partial charge in [-0.2, -0.15) is 5.10 Å². The smallest absolute Gasteiger partial charge is 0.308 e. The van der Waals surface area contributed by atoms with Crippen LogP contribution in [-0.4, -0.2) is 9.13 Å². The van der Waals surface area contributed by atoms with Crippen LogP contribution in [0.1, 0.15) is 33.2 Å². The lowest BCUT2D eigenvalue weighted by Crippen LogP contribution is -2.19. The molecule has 0 aliphatic carbocycles. The van der Waals surface area contributed by atoms with Crippen LogP contribution in [0.15, 0.2) is 131 Å². The largest absolute Gasteiger partial charge is 0.320 e. The Morgan fingerprint density at radius 3 is 1.49 bits per heavy atom. The molecule has 0 bridgehead atoms. The third-order valence-corrected chi connectivity index (χ3v) is 9.14. The van der Waals surface area contributed by atoms with Crippen LogP contribution in [-0.2, 0) is 6.54 Å². The molecule has 6 rings (SSSR count). The molecule has 218 valence electrons. The summed E-state index contributed by atoms with van der Waals surface area (Å²) in [5.41, 5.74) is 6.79. The van der Waals surface area contributed by atoms with E-state index < -0.39 is 0 Å². The second kappa shape index (κ2) is 14.1. The second-order valence-corrected chi connectivity index (χ2v) is 12.3. The van der Waals surface area contributed by atoms with Gasteiger partial charge in [0, 0.05) is 12.6 Å². The van der Waals surface area contributed by atoms with Gasteiger partial charge in [-0.25, -0.2) is 0 Å². The zero-order valence-corrected chi connectivity index (χ0v) is 26.3. The Bertz CT molecular complexity index is 1870. The Morgan fingerprint density at radius 1 is 0.651 bits per heavy atom. The molecular weight excluding hydrogens is 569 g/mol. The van der Waals surface area contributed by atoms with Gasteiger partial charge in [0.15, 0.2) is 0 Å². The molecule has 0 aliphatic heterocycles. The van der Waals surface area contributed by atoms with E-state index in [-0.39, 0.29) is 10.9 Å². The fourth-order valence-electron chi connectivity index (χ4n) is 5.11. The van der Waals surface area contributed by atoms with Gasteiger partial charge in [0.25, 0.3) is 0 Å². The maximum Gasteiger partial charge on any atom is 0.308 e. The molecule has 0 spiro atoms. The van der Waals surface area contributed by atoms with Gasteiger partial charge < -0.3 is 10.4 Å². The van der Waals surface area contributed by atoms with Gasteiger partial charge >= 0.3 is 4.87 Å². The summed E-state index contributed by atoms with van der Waals surface area (Å²) >= 11 is 2.97. The molecule has 0 atom stereocenters. The maximum atomic E-state index is 12.4. The number of thiazole rings is 2. The number of aromatic nitrogens is 2. The van der Waals surface area contributed by atoms with Crippen LogP contribution in [0.2, 0.25) is 0 Å². The molecule has 0 amide bonds. The quantitative estimate of drug-likeness (QED) is 0.146. The third-order valence-electron chi connectivity index (χ3n) is 6.99. The van der Waals surface area contributed by atoms with Crippen molar-refractivity contribution in [2.24, 2.45) is 10.9 Å². The van der Waals surface area contributed by atoms with Crippen molar-refractivity contribution in [3.63, 3.8) is 0 Å². The van der Waals surface area contributed by atoms with E-state index in [4.69, 9.17) is 5.84 Å². The molecular formula is C36H36N4OS2. The summed E-state index contributed by atoms with van der Waals surface area (Å²) in [6, 6.07) is 41.4. The van der Waals surface area contributed by atoms with Gasteiger partial charge in [-0.1, -0.05) is 151 Å². The highest BCUT2D eigenvalue weighted by Gasteiger charge is 2.19. The lowest BCUT2D eigenvalue weighted by molar-refractivity contribution is 0.588. The van der Waals surface area contributed by atoms with Crippen LogP contribution >= 0.6 is 22.7 Å². The van der Waals surface area contributed by atoms with Gasteiger partial charge in [0.1, 0.15) is 0 Å². The number of benzene rings is 4. The molecule has 0 aliphatic rings. The van der Waals surface area contributed by atoms with E-state index in [9.17, 15) is 4.79 Å². The minimum Gasteiger partial charge on any atom is -0.320 e. The van der Waals surface area contributed by atoms with Gasteiger partial charge in [-0.15, -0.1) is 0 Å². The Balaban J connectivity index is 0.000000171. The number of nitrogens with zero attached hydrogens (tertiary/aromatic N) is 3. The first-order valence-corrected chi connectivity index (χ1v) is 16.1. The molecule has 0 unspecified atom stereocenters. The summed E-state index contributed by atoms with van der Waals surface area (Å²) < 4.78 is 4.12. The Morgan fingerprint density at radius 2 is 1.07 bits per heavy atom. The average molecular weight is 605 g/mol. The van der Waals surface area contributed by atoms with Crippen LogP contribution in [0, 0.1) is 0 Å². The summed E-state index contributed by atoms with van der Waals surface area (Å²) in [5.74, 6) is 5.64. The zero-order valence-electron chi connectivity index (χ0n) is 24.7. The van der Waals surface area contributed by atoms with Gasteiger partial charge in [0.2, 0.25) is 4.80 Å². The molecule has 2 aromatic heterocycles. The fourth-order valence-corrected chi connectivity index (χ4v) is 7.36. The minimum absolute atomic E-state index is 0.120. The van der Waals surface area contributed by atoms with Crippen molar-refractivity contribution >= 4 is 22.7 Å². The highest BCUT2D eigenvalue weighted by atomic mass is 32.1. The van der Waals surface area contributed by atoms with Crippen LogP contribution < -0.4 is 15.5 Å². The SMILES string of the molecule is CC(C)n1c(-c2ccccc2)c(-c2ccccc2)sc1=NN.CCCn1c(-c2ccccc2)c(-c2ccccc2)sc1=O. The molecule has 5 nitrogen and oxygen atoms in total. The van der Waals surface area contributed by atoms with Crippen LogP contribution in [0.25, 0.3) is 43.4 Å². The Hall–Kier alpha value is -4.46. The monoisotopic (exact) mass is 604 g/mol. The Kier molecular flexibility index (Phi) is 9.87. The average Bonchev–Trinajstić information content (AvgIpc) is 3.61. The van der Waals surface area contributed by atoms with Crippen molar-refractivity contribution in [1.29, 1.82) is 0 Å². The van der Waals surface area contributed by atoms with Crippen molar-refractivity contribution in [3.05, 3.63) is 136 Å². The third kappa shape index (κ3) is 6.63. The molecule has 0 saturated carbocycles. The lowest BCUT2D eigenvalue weighted by Gasteiger charge is -2.14. The summed E-state index contributed by atoms with van der Waals surface area (Å²) in [5, 5.41) is 4.01. The lowest BCUT2D eigenvalue weighted by atomic mass is 10.1. The van der Waals surface area contributed by atoms with Crippen molar-refractivity contribution in [1.82, 2.24) is 9.13 Å².